The molecule has 0 bridgehead atoms. The number of nitrogens with zero attached hydrogens (tertiary/aromatic N) is 3. The molecule has 16 heavy (non-hydrogen) atoms. The van der Waals surface area contributed by atoms with Gasteiger partial charge < -0.3 is 5.11 Å². The Morgan fingerprint density at radius 2 is 2.19 bits per heavy atom. The summed E-state index contributed by atoms with van der Waals surface area (Å²) in [4.78, 5) is 12.0. The Bertz CT molecular complexity index is 551. The highest BCUT2D eigenvalue weighted by atomic mass is 19.1. The van der Waals surface area contributed by atoms with Crippen molar-refractivity contribution in [2.75, 3.05) is 0 Å². The van der Waals surface area contributed by atoms with Crippen molar-refractivity contribution in [2.24, 2.45) is 7.05 Å². The van der Waals surface area contributed by atoms with Gasteiger partial charge in [0.2, 0.25) is 0 Å². The summed E-state index contributed by atoms with van der Waals surface area (Å²) in [5, 5.41) is 16.5. The van der Waals surface area contributed by atoms with Gasteiger partial charge in [-0.25, -0.2) is 9.18 Å². The number of benzene rings is 1. The highest BCUT2D eigenvalue weighted by molar-refractivity contribution is 5.92. The fourth-order valence-corrected chi connectivity index (χ4v) is 1.38. The first-order valence-corrected chi connectivity index (χ1v) is 4.48. The number of carboxylic acid groups (broad SMARTS) is 1. The van der Waals surface area contributed by atoms with Gasteiger partial charge in [-0.2, -0.15) is 9.90 Å². The molecule has 2 rings (SSSR count). The number of aromatic carboxylic acids is 1. The van der Waals surface area contributed by atoms with E-state index in [2.05, 4.69) is 10.2 Å². The molecule has 0 spiro atoms. The zero-order valence-electron chi connectivity index (χ0n) is 8.38. The molecule has 0 saturated heterocycles. The first-order chi connectivity index (χ1) is 7.58. The molecule has 5 nitrogen and oxygen atoms in total. The number of aromatic nitrogens is 3. The van der Waals surface area contributed by atoms with Gasteiger partial charge >= 0.3 is 5.97 Å². The SMILES string of the molecule is Cn1nc(C(=O)O)c(-c2cccc(F)c2)n1. The monoisotopic (exact) mass is 221 g/mol. The minimum Gasteiger partial charge on any atom is -0.476 e. The molecule has 0 radical (unpaired) electrons. The van der Waals surface area contributed by atoms with Gasteiger partial charge in [0, 0.05) is 12.6 Å². The Labute approximate surface area is 90.1 Å². The molecular weight excluding hydrogens is 213 g/mol. The second-order valence-corrected chi connectivity index (χ2v) is 3.20. The summed E-state index contributed by atoms with van der Waals surface area (Å²) in [5.41, 5.74) is 0.369. The highest BCUT2D eigenvalue weighted by Gasteiger charge is 2.18. The Morgan fingerprint density at radius 3 is 2.81 bits per heavy atom. The van der Waals surface area contributed by atoms with Gasteiger partial charge in [0.1, 0.15) is 11.5 Å². The van der Waals surface area contributed by atoms with Crippen LogP contribution in [0.3, 0.4) is 0 Å². The second kappa shape index (κ2) is 3.73. The number of hydrogen-bond donors (Lipinski definition) is 1. The predicted molar refractivity (Wildman–Crippen MR) is 53.4 cm³/mol. The van der Waals surface area contributed by atoms with Gasteiger partial charge in [-0.05, 0) is 12.1 Å². The molecule has 2 aromatic rings. The zero-order valence-corrected chi connectivity index (χ0v) is 8.38. The van der Waals surface area contributed by atoms with Crippen LogP contribution in [0.5, 0.6) is 0 Å². The number of carboxylic acids is 1. The summed E-state index contributed by atoms with van der Waals surface area (Å²) in [6.45, 7) is 0. The fourth-order valence-electron chi connectivity index (χ4n) is 1.38. The summed E-state index contributed by atoms with van der Waals surface area (Å²) in [7, 11) is 1.51. The quantitative estimate of drug-likeness (QED) is 0.830. The van der Waals surface area contributed by atoms with E-state index in [-0.39, 0.29) is 11.4 Å². The van der Waals surface area contributed by atoms with E-state index < -0.39 is 11.8 Å². The van der Waals surface area contributed by atoms with E-state index in [0.717, 1.165) is 4.80 Å². The van der Waals surface area contributed by atoms with Crippen LogP contribution in [0, 0.1) is 5.82 Å². The number of hydrogen-bond acceptors (Lipinski definition) is 3. The van der Waals surface area contributed by atoms with E-state index >= 15 is 0 Å². The third-order valence-corrected chi connectivity index (χ3v) is 2.01. The average molecular weight is 221 g/mol. The predicted octanol–water partition coefficient (Wildman–Crippen LogP) is 1.32. The minimum absolute atomic E-state index is 0.162. The molecule has 1 heterocycles. The maximum atomic E-state index is 13.0. The minimum atomic E-state index is -1.19. The Hall–Kier alpha value is -2.24. The smallest absolute Gasteiger partial charge is 0.358 e. The number of carbonyl (C=O) groups is 1. The molecule has 0 unspecified atom stereocenters. The molecule has 0 aliphatic heterocycles. The summed E-state index contributed by atoms with van der Waals surface area (Å²) in [6, 6.07) is 5.57. The van der Waals surface area contributed by atoms with Crippen molar-refractivity contribution in [3.05, 3.63) is 35.8 Å². The lowest BCUT2D eigenvalue weighted by Crippen LogP contribution is -2.00. The van der Waals surface area contributed by atoms with Gasteiger partial charge in [-0.15, -0.1) is 5.10 Å². The van der Waals surface area contributed by atoms with Crippen LogP contribution in [0.1, 0.15) is 10.5 Å². The van der Waals surface area contributed by atoms with Crippen LogP contribution in [0.15, 0.2) is 24.3 Å². The molecule has 0 atom stereocenters. The van der Waals surface area contributed by atoms with E-state index in [1.165, 1.54) is 25.2 Å². The molecular formula is C10H8FN3O2. The van der Waals surface area contributed by atoms with Crippen LogP contribution in [0.2, 0.25) is 0 Å². The molecule has 6 heteroatoms. The summed E-state index contributed by atoms with van der Waals surface area (Å²) >= 11 is 0. The van der Waals surface area contributed by atoms with Crippen molar-refractivity contribution < 1.29 is 14.3 Å². The normalized spacial score (nSPS) is 10.4. The second-order valence-electron chi connectivity index (χ2n) is 3.20. The lowest BCUT2D eigenvalue weighted by atomic mass is 10.1. The van der Waals surface area contributed by atoms with E-state index in [1.807, 2.05) is 0 Å². The Balaban J connectivity index is 2.59. The van der Waals surface area contributed by atoms with Crippen molar-refractivity contribution in [1.29, 1.82) is 0 Å². The van der Waals surface area contributed by atoms with Crippen molar-refractivity contribution in [2.45, 2.75) is 0 Å². The van der Waals surface area contributed by atoms with Gasteiger partial charge in [0.05, 0.1) is 0 Å². The molecule has 1 N–H and O–H groups in total. The highest BCUT2D eigenvalue weighted by Crippen LogP contribution is 2.20. The maximum absolute atomic E-state index is 13.0. The van der Waals surface area contributed by atoms with E-state index in [9.17, 15) is 9.18 Å². The standard InChI is InChI=1S/C10H8FN3O2/c1-14-12-8(9(13-14)10(15)16)6-3-2-4-7(11)5-6/h2-5H,1H3,(H,15,16). The number of halogens is 1. The molecule has 0 fully saturated rings. The van der Waals surface area contributed by atoms with Crippen LogP contribution in [-0.2, 0) is 7.05 Å². The van der Waals surface area contributed by atoms with Crippen LogP contribution in [-0.4, -0.2) is 26.1 Å². The van der Waals surface area contributed by atoms with E-state index in [0.29, 0.717) is 5.56 Å². The largest absolute Gasteiger partial charge is 0.476 e. The Morgan fingerprint density at radius 1 is 1.44 bits per heavy atom. The van der Waals surface area contributed by atoms with E-state index in [4.69, 9.17) is 5.11 Å². The number of aryl methyl sites for hydroxylation is 1. The molecule has 0 saturated carbocycles. The molecule has 1 aromatic carbocycles. The van der Waals surface area contributed by atoms with Gasteiger partial charge in [0.15, 0.2) is 5.69 Å². The van der Waals surface area contributed by atoms with Crippen molar-refractivity contribution in [1.82, 2.24) is 15.0 Å². The van der Waals surface area contributed by atoms with Crippen LogP contribution in [0.25, 0.3) is 11.3 Å². The van der Waals surface area contributed by atoms with Crippen LogP contribution in [0.4, 0.5) is 4.39 Å². The average Bonchev–Trinajstić information content (AvgIpc) is 2.60. The fraction of sp³-hybridized carbons (Fsp3) is 0.100. The third-order valence-electron chi connectivity index (χ3n) is 2.01. The number of rotatable bonds is 2. The molecule has 1 aromatic heterocycles. The third kappa shape index (κ3) is 1.77. The Kier molecular flexibility index (Phi) is 2.40. The first kappa shape index (κ1) is 10.3. The van der Waals surface area contributed by atoms with Crippen LogP contribution < -0.4 is 0 Å². The van der Waals surface area contributed by atoms with Gasteiger partial charge in [0.25, 0.3) is 0 Å². The van der Waals surface area contributed by atoms with Crippen LogP contribution >= 0.6 is 0 Å². The zero-order chi connectivity index (χ0) is 11.7. The van der Waals surface area contributed by atoms with Crippen molar-refractivity contribution in [3.63, 3.8) is 0 Å². The lowest BCUT2D eigenvalue weighted by Gasteiger charge is -1.97. The summed E-state index contributed by atoms with van der Waals surface area (Å²) in [6.07, 6.45) is 0. The van der Waals surface area contributed by atoms with Crippen molar-refractivity contribution in [3.8, 4) is 11.3 Å². The van der Waals surface area contributed by atoms with Crippen molar-refractivity contribution >= 4 is 5.97 Å². The lowest BCUT2D eigenvalue weighted by molar-refractivity contribution is 0.0690. The van der Waals surface area contributed by atoms with Gasteiger partial charge in [-0.1, -0.05) is 12.1 Å². The first-order valence-electron chi connectivity index (χ1n) is 4.48. The topological polar surface area (TPSA) is 68.0 Å². The molecule has 0 aliphatic carbocycles. The molecule has 0 aliphatic rings. The van der Waals surface area contributed by atoms with Gasteiger partial charge in [-0.3, -0.25) is 0 Å². The van der Waals surface area contributed by atoms with E-state index in [1.54, 1.807) is 6.07 Å². The molecule has 0 amide bonds. The summed E-state index contributed by atoms with van der Waals surface area (Å²) < 4.78 is 13.0. The summed E-state index contributed by atoms with van der Waals surface area (Å²) in [5.74, 6) is -1.63. The molecule has 82 valence electrons. The maximum Gasteiger partial charge on any atom is 0.358 e.